The van der Waals surface area contributed by atoms with Crippen LogP contribution in [-0.2, 0) is 20.9 Å². The largest absolute Gasteiger partial charge is 0.376 e. The summed E-state index contributed by atoms with van der Waals surface area (Å²) in [6.07, 6.45) is 1.56. The number of amides is 2. The summed E-state index contributed by atoms with van der Waals surface area (Å²) in [5.41, 5.74) is 1.12. The van der Waals surface area contributed by atoms with Crippen molar-refractivity contribution < 1.29 is 23.1 Å². The van der Waals surface area contributed by atoms with E-state index in [1.54, 1.807) is 24.3 Å². The first-order valence-electron chi connectivity index (χ1n) is 12.7. The summed E-state index contributed by atoms with van der Waals surface area (Å²) < 4.78 is 33.1. The molecule has 0 spiro atoms. The number of halogens is 4. The maximum Gasteiger partial charge on any atom is 0.251 e. The summed E-state index contributed by atoms with van der Waals surface area (Å²) in [4.78, 5) is 29.9. The first-order chi connectivity index (χ1) is 19.8. The number of carbonyl (C=O) groups excluding carboxylic acids is 2. The molecule has 1 aliphatic heterocycles. The molecule has 1 aliphatic rings. The Bertz CT molecular complexity index is 1530. The van der Waals surface area contributed by atoms with E-state index in [2.05, 4.69) is 20.7 Å². The topological polar surface area (TPSA) is 102 Å². The number of hydrogen-bond donors (Lipinski definition) is 1. The van der Waals surface area contributed by atoms with Crippen LogP contribution in [0.1, 0.15) is 24.4 Å². The lowest BCUT2D eigenvalue weighted by molar-refractivity contribution is -0.127. The fourth-order valence-electron chi connectivity index (χ4n) is 4.47. The third-order valence-electron chi connectivity index (χ3n) is 6.50. The molecule has 1 saturated heterocycles. The molecule has 4 aromatic rings. The first-order valence-corrected chi connectivity index (χ1v) is 13.5. The molecule has 1 aromatic heterocycles. The summed E-state index contributed by atoms with van der Waals surface area (Å²) in [6, 6.07) is 14.5. The molecule has 1 N–H and O–H groups in total. The van der Waals surface area contributed by atoms with Crippen molar-refractivity contribution in [2.45, 2.75) is 31.5 Å². The molecule has 3 aromatic carbocycles. The van der Waals surface area contributed by atoms with Crippen molar-refractivity contribution in [1.82, 2.24) is 25.5 Å². The van der Waals surface area contributed by atoms with Gasteiger partial charge >= 0.3 is 0 Å². The molecule has 13 heteroatoms. The minimum Gasteiger partial charge on any atom is -0.376 e. The van der Waals surface area contributed by atoms with Gasteiger partial charge in [0.1, 0.15) is 24.2 Å². The Labute approximate surface area is 244 Å². The molecule has 0 saturated carbocycles. The molecule has 212 valence electrons. The zero-order valence-corrected chi connectivity index (χ0v) is 23.0. The van der Waals surface area contributed by atoms with Gasteiger partial charge in [0.25, 0.3) is 5.91 Å². The molecule has 2 atom stereocenters. The fourth-order valence-corrected chi connectivity index (χ4v) is 4.77. The highest BCUT2D eigenvalue weighted by atomic mass is 35.5. The molecule has 0 aliphatic carbocycles. The first kappa shape index (κ1) is 28.6. The number of anilines is 1. The van der Waals surface area contributed by atoms with Gasteiger partial charge in [0.2, 0.25) is 11.7 Å². The Morgan fingerprint density at radius 2 is 1.83 bits per heavy atom. The van der Waals surface area contributed by atoms with Gasteiger partial charge in [-0.3, -0.25) is 14.5 Å². The third kappa shape index (κ3) is 6.87. The van der Waals surface area contributed by atoms with E-state index in [-0.39, 0.29) is 29.2 Å². The van der Waals surface area contributed by atoms with E-state index in [4.69, 9.17) is 27.9 Å². The average molecular weight is 601 g/mol. The quantitative estimate of drug-likeness (QED) is 0.290. The maximum atomic E-state index is 14.1. The molecule has 9 nitrogen and oxygen atoms in total. The molecule has 0 radical (unpaired) electrons. The Kier molecular flexibility index (Phi) is 8.87. The summed E-state index contributed by atoms with van der Waals surface area (Å²) in [5.74, 6) is -2.03. The number of aromatic nitrogens is 4. The van der Waals surface area contributed by atoms with Crippen LogP contribution in [0, 0.1) is 11.6 Å². The molecule has 0 unspecified atom stereocenters. The van der Waals surface area contributed by atoms with Gasteiger partial charge < -0.3 is 10.1 Å². The van der Waals surface area contributed by atoms with Crippen molar-refractivity contribution in [2.24, 2.45) is 0 Å². The Hall–Kier alpha value is -3.93. The molecule has 41 heavy (non-hydrogen) atoms. The lowest BCUT2D eigenvalue weighted by atomic mass is 10.0. The molecule has 5 rings (SSSR count). The van der Waals surface area contributed by atoms with Gasteiger partial charge in [-0.15, -0.1) is 10.2 Å². The standard InChI is InChI=1S/C28H24Cl2F2N6O3/c29-19-7-3-17(4-8-19)26(28(40)33-15-22-2-1-13-41-22)38(21-11-12-24(32)23(30)14-21)25(39)16-37-35-27(34-36-37)18-5-9-20(31)10-6-18/h3-12,14,22,26H,1-2,13,15-16H2,(H,33,40)/t22-,26-/m1/s1. The van der Waals surface area contributed by atoms with Crippen molar-refractivity contribution in [3.63, 3.8) is 0 Å². The van der Waals surface area contributed by atoms with Crippen LogP contribution in [0.4, 0.5) is 14.5 Å². The number of carbonyl (C=O) groups is 2. The molecular formula is C28H24Cl2F2N6O3. The van der Waals surface area contributed by atoms with E-state index in [9.17, 15) is 18.4 Å². The van der Waals surface area contributed by atoms with Crippen LogP contribution in [0.5, 0.6) is 0 Å². The number of nitrogens with one attached hydrogen (secondary N) is 1. The van der Waals surface area contributed by atoms with Crippen LogP contribution >= 0.6 is 23.2 Å². The van der Waals surface area contributed by atoms with Gasteiger partial charge in [-0.1, -0.05) is 35.3 Å². The predicted octanol–water partition coefficient (Wildman–Crippen LogP) is 4.99. The van der Waals surface area contributed by atoms with Crippen molar-refractivity contribution in [3.8, 4) is 11.4 Å². The van der Waals surface area contributed by atoms with Crippen LogP contribution in [0.3, 0.4) is 0 Å². The van der Waals surface area contributed by atoms with Crippen LogP contribution in [0.15, 0.2) is 66.7 Å². The normalized spacial score (nSPS) is 15.5. The number of nitrogens with zero attached hydrogens (tertiary/aromatic N) is 5. The van der Waals surface area contributed by atoms with Crippen LogP contribution in [0.2, 0.25) is 10.0 Å². The molecule has 0 bridgehead atoms. The van der Waals surface area contributed by atoms with Crippen molar-refractivity contribution >= 4 is 40.7 Å². The Balaban J connectivity index is 1.49. The summed E-state index contributed by atoms with van der Waals surface area (Å²) in [5, 5.41) is 15.2. The summed E-state index contributed by atoms with van der Waals surface area (Å²) in [7, 11) is 0. The number of hydrogen-bond acceptors (Lipinski definition) is 6. The lowest BCUT2D eigenvalue weighted by Crippen LogP contribution is -2.46. The van der Waals surface area contributed by atoms with Gasteiger partial charge in [-0.25, -0.2) is 8.78 Å². The number of tetrazole rings is 1. The van der Waals surface area contributed by atoms with E-state index >= 15 is 0 Å². The van der Waals surface area contributed by atoms with Crippen LogP contribution in [0.25, 0.3) is 11.4 Å². The second kappa shape index (κ2) is 12.7. The van der Waals surface area contributed by atoms with Crippen LogP contribution < -0.4 is 10.2 Å². The van der Waals surface area contributed by atoms with Gasteiger partial charge in [-0.05, 0) is 78.2 Å². The van der Waals surface area contributed by atoms with Gasteiger partial charge in [0, 0.05) is 29.4 Å². The minimum atomic E-state index is -1.19. The van der Waals surface area contributed by atoms with Gasteiger partial charge in [-0.2, -0.15) is 4.80 Å². The highest BCUT2D eigenvalue weighted by Crippen LogP contribution is 2.32. The maximum absolute atomic E-state index is 14.1. The summed E-state index contributed by atoms with van der Waals surface area (Å²) in [6.45, 7) is 0.442. The molecule has 2 heterocycles. The minimum absolute atomic E-state index is 0.140. The molecule has 1 fully saturated rings. The predicted molar refractivity (Wildman–Crippen MR) is 148 cm³/mol. The Morgan fingerprint density at radius 3 is 2.51 bits per heavy atom. The zero-order valence-electron chi connectivity index (χ0n) is 21.5. The van der Waals surface area contributed by atoms with Gasteiger partial charge in [0.05, 0.1) is 11.1 Å². The number of rotatable bonds is 9. The summed E-state index contributed by atoms with van der Waals surface area (Å²) >= 11 is 12.2. The zero-order chi connectivity index (χ0) is 28.9. The average Bonchev–Trinajstić information content (AvgIpc) is 3.66. The number of benzene rings is 3. The fraction of sp³-hybridized carbons (Fsp3) is 0.250. The monoisotopic (exact) mass is 600 g/mol. The SMILES string of the molecule is O=C(NC[C@H]1CCCO1)[C@@H](c1ccc(Cl)cc1)N(C(=O)Cn1nnc(-c2ccc(F)cc2)n1)c1ccc(F)c(Cl)c1. The highest BCUT2D eigenvalue weighted by Gasteiger charge is 2.34. The van der Waals surface area contributed by atoms with E-state index in [0.717, 1.165) is 23.7 Å². The van der Waals surface area contributed by atoms with Gasteiger partial charge in [0.15, 0.2) is 0 Å². The van der Waals surface area contributed by atoms with Crippen LogP contribution in [-0.4, -0.2) is 51.3 Å². The highest BCUT2D eigenvalue weighted by molar-refractivity contribution is 6.31. The molecule has 2 amide bonds. The van der Waals surface area contributed by atoms with E-state index in [1.807, 2.05) is 0 Å². The van der Waals surface area contributed by atoms with Crippen molar-refractivity contribution in [3.05, 3.63) is 94.0 Å². The second-order valence-corrected chi connectivity index (χ2v) is 10.2. The number of ether oxygens (including phenoxy) is 1. The molecular weight excluding hydrogens is 577 g/mol. The smallest absolute Gasteiger partial charge is 0.251 e. The van der Waals surface area contributed by atoms with E-state index in [1.165, 1.54) is 41.3 Å². The van der Waals surface area contributed by atoms with Crippen molar-refractivity contribution in [1.29, 1.82) is 0 Å². The van der Waals surface area contributed by atoms with E-state index < -0.39 is 36.0 Å². The Morgan fingerprint density at radius 1 is 1.07 bits per heavy atom. The lowest BCUT2D eigenvalue weighted by Gasteiger charge is -2.32. The second-order valence-electron chi connectivity index (χ2n) is 9.35. The van der Waals surface area contributed by atoms with Crippen molar-refractivity contribution in [2.75, 3.05) is 18.1 Å². The van der Waals surface area contributed by atoms with E-state index in [0.29, 0.717) is 22.8 Å². The third-order valence-corrected chi connectivity index (χ3v) is 7.04.